The molecule has 1 saturated carbocycles. The lowest BCUT2D eigenvalue weighted by molar-refractivity contribution is -0.193. The van der Waals surface area contributed by atoms with Gasteiger partial charge in [-0.25, -0.2) is 0 Å². The number of hydrogen-bond donors (Lipinski definition) is 1. The number of aromatic nitrogens is 1. The van der Waals surface area contributed by atoms with Crippen molar-refractivity contribution < 1.29 is 9.26 Å². The number of nitrogens with zero attached hydrogens (tertiary/aromatic N) is 1. The van der Waals surface area contributed by atoms with Crippen LogP contribution in [0.15, 0.2) is 16.8 Å². The van der Waals surface area contributed by atoms with Crippen molar-refractivity contribution in [2.45, 2.75) is 45.4 Å². The van der Waals surface area contributed by atoms with Gasteiger partial charge in [-0.1, -0.05) is 19.0 Å². The third-order valence-electron chi connectivity index (χ3n) is 4.32. The second kappa shape index (κ2) is 4.10. The molecule has 2 fully saturated rings. The molecule has 1 aliphatic heterocycles. The van der Waals surface area contributed by atoms with Gasteiger partial charge in [0.2, 0.25) is 0 Å². The van der Waals surface area contributed by atoms with E-state index in [9.17, 15) is 0 Å². The Morgan fingerprint density at radius 2 is 2.41 bits per heavy atom. The molecular weight excluding hydrogens is 216 g/mol. The molecule has 2 aliphatic rings. The number of rotatable bonds is 3. The Bertz CT molecular complexity index is 375. The fraction of sp³-hybridized carbons (Fsp3) is 0.769. The minimum Gasteiger partial charge on any atom is -0.377 e. The molecule has 1 aromatic rings. The van der Waals surface area contributed by atoms with Crippen LogP contribution in [-0.4, -0.2) is 23.9 Å². The molecule has 3 rings (SSSR count). The lowest BCUT2D eigenvalue weighted by Gasteiger charge is -2.60. The molecule has 17 heavy (non-hydrogen) atoms. The molecule has 4 heteroatoms. The van der Waals surface area contributed by atoms with Crippen LogP contribution in [0.5, 0.6) is 0 Å². The average molecular weight is 236 g/mol. The third-order valence-corrected chi connectivity index (χ3v) is 4.32. The van der Waals surface area contributed by atoms with Crippen LogP contribution in [0.1, 0.15) is 32.4 Å². The van der Waals surface area contributed by atoms with E-state index in [4.69, 9.17) is 9.26 Å². The predicted octanol–water partition coefficient (Wildman–Crippen LogP) is 1.97. The topological polar surface area (TPSA) is 47.3 Å². The van der Waals surface area contributed by atoms with Crippen molar-refractivity contribution in [3.63, 3.8) is 0 Å². The molecule has 0 amide bonds. The van der Waals surface area contributed by atoms with Crippen LogP contribution >= 0.6 is 0 Å². The van der Waals surface area contributed by atoms with E-state index in [1.807, 2.05) is 6.07 Å². The first kappa shape index (κ1) is 11.2. The molecule has 0 radical (unpaired) electrons. The Hall–Kier alpha value is -0.870. The van der Waals surface area contributed by atoms with Gasteiger partial charge >= 0.3 is 0 Å². The zero-order chi connectivity index (χ0) is 11.9. The average Bonchev–Trinajstić information content (AvgIpc) is 2.82. The molecule has 1 saturated heterocycles. The SMILES string of the molecule is CC1(C)C(NCc2ccno2)C2CCCOC21. The fourth-order valence-corrected chi connectivity index (χ4v) is 3.48. The molecule has 4 nitrogen and oxygen atoms in total. The van der Waals surface area contributed by atoms with Crippen LogP contribution in [0.3, 0.4) is 0 Å². The summed E-state index contributed by atoms with van der Waals surface area (Å²) in [6, 6.07) is 2.44. The highest BCUT2D eigenvalue weighted by molar-refractivity contribution is 5.10. The summed E-state index contributed by atoms with van der Waals surface area (Å²) >= 11 is 0. The Morgan fingerprint density at radius 3 is 3.18 bits per heavy atom. The molecule has 0 spiro atoms. The zero-order valence-corrected chi connectivity index (χ0v) is 10.5. The first-order valence-electron chi connectivity index (χ1n) is 6.44. The van der Waals surface area contributed by atoms with Crippen molar-refractivity contribution in [2.75, 3.05) is 6.61 Å². The summed E-state index contributed by atoms with van der Waals surface area (Å²) in [5.74, 6) is 1.57. The maximum Gasteiger partial charge on any atom is 0.150 e. The van der Waals surface area contributed by atoms with Crippen LogP contribution in [0, 0.1) is 11.3 Å². The van der Waals surface area contributed by atoms with Gasteiger partial charge < -0.3 is 14.6 Å². The van der Waals surface area contributed by atoms with Gasteiger partial charge in [0, 0.05) is 30.0 Å². The van der Waals surface area contributed by atoms with Gasteiger partial charge in [-0.2, -0.15) is 0 Å². The molecule has 94 valence electrons. The van der Waals surface area contributed by atoms with Crippen molar-refractivity contribution in [3.05, 3.63) is 18.0 Å². The summed E-state index contributed by atoms with van der Waals surface area (Å²) in [4.78, 5) is 0. The Morgan fingerprint density at radius 1 is 1.53 bits per heavy atom. The minimum atomic E-state index is 0.227. The van der Waals surface area contributed by atoms with Crippen molar-refractivity contribution in [3.8, 4) is 0 Å². The predicted molar refractivity (Wildman–Crippen MR) is 63.4 cm³/mol. The van der Waals surface area contributed by atoms with Gasteiger partial charge in [0.25, 0.3) is 0 Å². The normalized spacial score (nSPS) is 35.1. The Labute approximate surface area is 102 Å². The molecular formula is C13H20N2O2. The quantitative estimate of drug-likeness (QED) is 0.871. The van der Waals surface area contributed by atoms with Crippen molar-refractivity contribution in [1.82, 2.24) is 10.5 Å². The summed E-state index contributed by atoms with van der Waals surface area (Å²) in [5, 5.41) is 7.32. The van der Waals surface area contributed by atoms with Gasteiger partial charge in [0.05, 0.1) is 18.8 Å². The molecule has 1 N–H and O–H groups in total. The molecule has 1 aromatic heterocycles. The highest BCUT2D eigenvalue weighted by atomic mass is 16.5. The summed E-state index contributed by atoms with van der Waals surface area (Å²) in [5.41, 5.74) is 0.227. The standard InChI is InChI=1S/C13H20N2O2/c1-13(2)11(10-4-3-7-16-12(10)13)14-8-9-5-6-15-17-9/h5-6,10-12,14H,3-4,7-8H2,1-2H3. The summed E-state index contributed by atoms with van der Waals surface area (Å²) in [7, 11) is 0. The van der Waals surface area contributed by atoms with Crippen LogP contribution in [-0.2, 0) is 11.3 Å². The Kier molecular flexibility index (Phi) is 2.71. The van der Waals surface area contributed by atoms with Crippen LogP contribution in [0.25, 0.3) is 0 Å². The molecule has 3 unspecified atom stereocenters. The molecule has 1 aliphatic carbocycles. The van der Waals surface area contributed by atoms with E-state index < -0.39 is 0 Å². The van der Waals surface area contributed by atoms with E-state index in [0.29, 0.717) is 18.1 Å². The van der Waals surface area contributed by atoms with Crippen LogP contribution in [0.4, 0.5) is 0 Å². The lowest BCUT2D eigenvalue weighted by Crippen LogP contribution is -2.69. The number of hydrogen-bond acceptors (Lipinski definition) is 4. The largest absolute Gasteiger partial charge is 0.377 e. The highest BCUT2D eigenvalue weighted by Gasteiger charge is 2.57. The maximum absolute atomic E-state index is 5.88. The van der Waals surface area contributed by atoms with E-state index in [2.05, 4.69) is 24.3 Å². The third kappa shape index (κ3) is 1.79. The van der Waals surface area contributed by atoms with Gasteiger partial charge in [0.1, 0.15) is 5.76 Å². The first-order chi connectivity index (χ1) is 8.19. The molecule has 2 heterocycles. The smallest absolute Gasteiger partial charge is 0.150 e. The molecule has 0 bridgehead atoms. The summed E-state index contributed by atoms with van der Waals surface area (Å²) in [6.45, 7) is 6.27. The molecule has 0 aromatic carbocycles. The van der Waals surface area contributed by atoms with Crippen LogP contribution in [0.2, 0.25) is 0 Å². The molecule has 3 atom stereocenters. The lowest BCUT2D eigenvalue weighted by atomic mass is 9.55. The zero-order valence-electron chi connectivity index (χ0n) is 10.5. The Balaban J connectivity index is 1.62. The second-order valence-electron chi connectivity index (χ2n) is 5.76. The maximum atomic E-state index is 5.88. The second-order valence-corrected chi connectivity index (χ2v) is 5.76. The van der Waals surface area contributed by atoms with Gasteiger partial charge in [0.15, 0.2) is 0 Å². The summed E-state index contributed by atoms with van der Waals surface area (Å²) < 4.78 is 11.0. The van der Waals surface area contributed by atoms with E-state index in [1.54, 1.807) is 6.20 Å². The highest BCUT2D eigenvalue weighted by Crippen LogP contribution is 2.51. The fourth-order valence-electron chi connectivity index (χ4n) is 3.48. The van der Waals surface area contributed by atoms with Crippen molar-refractivity contribution >= 4 is 0 Å². The van der Waals surface area contributed by atoms with Crippen molar-refractivity contribution in [2.24, 2.45) is 11.3 Å². The van der Waals surface area contributed by atoms with Crippen molar-refractivity contribution in [1.29, 1.82) is 0 Å². The first-order valence-corrected chi connectivity index (χ1v) is 6.44. The van der Waals surface area contributed by atoms with E-state index in [0.717, 1.165) is 18.9 Å². The van der Waals surface area contributed by atoms with Gasteiger partial charge in [-0.05, 0) is 12.8 Å². The number of ether oxygens (including phenoxy) is 1. The van der Waals surface area contributed by atoms with Gasteiger partial charge in [-0.3, -0.25) is 0 Å². The van der Waals surface area contributed by atoms with E-state index in [1.165, 1.54) is 12.8 Å². The van der Waals surface area contributed by atoms with E-state index >= 15 is 0 Å². The number of nitrogens with one attached hydrogen (secondary N) is 1. The monoisotopic (exact) mass is 236 g/mol. The minimum absolute atomic E-state index is 0.227. The van der Waals surface area contributed by atoms with Gasteiger partial charge in [-0.15, -0.1) is 0 Å². The van der Waals surface area contributed by atoms with Crippen LogP contribution < -0.4 is 5.32 Å². The van der Waals surface area contributed by atoms with E-state index in [-0.39, 0.29) is 5.41 Å². The number of fused-ring (bicyclic) bond motifs is 1. The summed E-state index contributed by atoms with van der Waals surface area (Å²) in [6.07, 6.45) is 4.60.